The van der Waals surface area contributed by atoms with E-state index >= 15 is 0 Å². The van der Waals surface area contributed by atoms with Gasteiger partial charge in [-0.2, -0.15) is 0 Å². The van der Waals surface area contributed by atoms with Gasteiger partial charge in [-0.25, -0.2) is 4.79 Å². The number of carbonyl (C=O) groups is 2. The van der Waals surface area contributed by atoms with Crippen LogP contribution in [-0.2, 0) is 15.1 Å². The summed E-state index contributed by atoms with van der Waals surface area (Å²) in [6.45, 7) is 5.82. The average Bonchev–Trinajstić information content (AvgIpc) is 3.12. The van der Waals surface area contributed by atoms with Crippen LogP contribution in [0.5, 0.6) is 0 Å². The van der Waals surface area contributed by atoms with Crippen LogP contribution >= 0.6 is 0 Å². The van der Waals surface area contributed by atoms with Crippen molar-refractivity contribution >= 4 is 40.2 Å². The molecule has 1 heterocycles. The number of hydrogen-bond acceptors (Lipinski definition) is 6. The molecule has 0 unspecified atom stereocenters. The van der Waals surface area contributed by atoms with Crippen LogP contribution < -0.4 is 22.1 Å². The number of hydrogen-bond donors (Lipinski definition) is 4. The van der Waals surface area contributed by atoms with Crippen molar-refractivity contribution in [3.8, 4) is 0 Å². The molecule has 1 aliphatic heterocycles. The summed E-state index contributed by atoms with van der Waals surface area (Å²) in [4.78, 5) is 25.3. The second kappa shape index (κ2) is 9.03. The monoisotopic (exact) mass is 456 g/mol. The van der Waals surface area contributed by atoms with Gasteiger partial charge in [-0.05, 0) is 56.2 Å². The molecule has 0 aliphatic carbocycles. The van der Waals surface area contributed by atoms with Gasteiger partial charge in [0.05, 0.1) is 29.1 Å². The van der Waals surface area contributed by atoms with E-state index in [9.17, 15) is 9.59 Å². The number of rotatable bonds is 6. The molecule has 0 aromatic heterocycles. The quantitative estimate of drug-likeness (QED) is 0.245. The second-order valence-corrected chi connectivity index (χ2v) is 8.70. The molecule has 0 spiro atoms. The Morgan fingerprint density at radius 2 is 1.76 bits per heavy atom. The molecule has 3 aromatic carbocycles. The van der Waals surface area contributed by atoms with Gasteiger partial charge in [-0.1, -0.05) is 42.5 Å². The van der Waals surface area contributed by atoms with Crippen molar-refractivity contribution in [3.63, 3.8) is 0 Å². The van der Waals surface area contributed by atoms with Crippen LogP contribution in [0.1, 0.15) is 47.8 Å². The van der Waals surface area contributed by atoms with Crippen molar-refractivity contribution < 1.29 is 14.3 Å². The molecule has 6 N–H and O–H groups in total. The Hall–Kier alpha value is -4.10. The lowest BCUT2D eigenvalue weighted by Gasteiger charge is -2.22. The Bertz CT molecular complexity index is 1290. The topological polar surface area (TPSA) is 119 Å². The molecule has 0 saturated heterocycles. The van der Waals surface area contributed by atoms with E-state index in [0.29, 0.717) is 33.8 Å². The second-order valence-electron chi connectivity index (χ2n) is 8.70. The molecule has 7 nitrogen and oxygen atoms in total. The maximum absolute atomic E-state index is 13.1. The van der Waals surface area contributed by atoms with Gasteiger partial charge in [-0.15, -0.1) is 0 Å². The predicted octanol–water partition coefficient (Wildman–Crippen LogP) is 4.57. The van der Waals surface area contributed by atoms with Gasteiger partial charge in [0, 0.05) is 22.5 Å². The minimum atomic E-state index is -0.579. The Morgan fingerprint density at radius 1 is 1.03 bits per heavy atom. The van der Waals surface area contributed by atoms with Crippen molar-refractivity contribution in [2.24, 2.45) is 5.73 Å². The third-order valence-corrected chi connectivity index (χ3v) is 5.60. The third-order valence-electron chi connectivity index (χ3n) is 5.60. The average molecular weight is 457 g/mol. The molecule has 0 atom stereocenters. The number of anilines is 3. The number of ether oxygens (including phenoxy) is 1. The smallest absolute Gasteiger partial charge is 0.338 e. The SMILES string of the molecule is CCOC(=O)c1ccc2c(c1)NC(=O)C2=C(Nc1ccc(C(C)(C)N)c(N)c1)c1ccccc1. The van der Waals surface area contributed by atoms with Crippen LogP contribution in [0.3, 0.4) is 0 Å². The molecule has 0 fully saturated rings. The van der Waals surface area contributed by atoms with Crippen LogP contribution in [0.2, 0.25) is 0 Å². The van der Waals surface area contributed by atoms with Gasteiger partial charge < -0.3 is 26.8 Å². The highest BCUT2D eigenvalue weighted by Gasteiger charge is 2.29. The number of fused-ring (bicyclic) bond motifs is 1. The van der Waals surface area contributed by atoms with Crippen molar-refractivity contribution in [2.75, 3.05) is 23.0 Å². The Labute approximate surface area is 198 Å². The van der Waals surface area contributed by atoms with Gasteiger partial charge in [0.25, 0.3) is 5.91 Å². The molecule has 0 radical (unpaired) electrons. The fraction of sp³-hybridized carbons (Fsp3) is 0.185. The molecule has 0 bridgehead atoms. The normalized spacial score (nSPS) is 14.3. The summed E-state index contributed by atoms with van der Waals surface area (Å²) in [6.07, 6.45) is 0. The molecule has 1 amide bonds. The van der Waals surface area contributed by atoms with Crippen LogP contribution in [0.4, 0.5) is 17.1 Å². The maximum Gasteiger partial charge on any atom is 0.338 e. The van der Waals surface area contributed by atoms with Crippen LogP contribution in [0, 0.1) is 0 Å². The molecular formula is C27H28N4O3. The lowest BCUT2D eigenvalue weighted by Crippen LogP contribution is -2.29. The van der Waals surface area contributed by atoms with Crippen molar-refractivity contribution in [1.82, 2.24) is 0 Å². The minimum Gasteiger partial charge on any atom is -0.462 e. The summed E-state index contributed by atoms with van der Waals surface area (Å²) in [5, 5.41) is 6.27. The van der Waals surface area contributed by atoms with Crippen LogP contribution in [-0.4, -0.2) is 18.5 Å². The number of nitrogens with two attached hydrogens (primary N) is 2. The largest absolute Gasteiger partial charge is 0.462 e. The number of benzene rings is 3. The standard InChI is InChI=1S/C27H28N4O3/c1-4-34-26(33)17-10-12-19-22(14-17)31-25(32)23(19)24(16-8-6-5-7-9-16)30-18-11-13-20(21(28)15-18)27(2,3)29/h5-15,30H,4,28-29H2,1-3H3,(H,31,32). The van der Waals surface area contributed by atoms with Gasteiger partial charge in [0.2, 0.25) is 0 Å². The number of amides is 1. The first-order chi connectivity index (χ1) is 16.2. The van der Waals surface area contributed by atoms with Crippen LogP contribution in [0.25, 0.3) is 11.3 Å². The summed E-state index contributed by atoms with van der Waals surface area (Å²) < 4.78 is 5.09. The van der Waals surface area contributed by atoms with E-state index < -0.39 is 11.5 Å². The zero-order valence-electron chi connectivity index (χ0n) is 19.4. The molecule has 7 heteroatoms. The van der Waals surface area contributed by atoms with E-state index in [1.165, 1.54) is 0 Å². The van der Waals surface area contributed by atoms with E-state index in [0.717, 1.165) is 16.8 Å². The lowest BCUT2D eigenvalue weighted by molar-refractivity contribution is -0.110. The fourth-order valence-electron chi connectivity index (χ4n) is 4.02. The summed E-state index contributed by atoms with van der Waals surface area (Å²) >= 11 is 0. The highest BCUT2D eigenvalue weighted by Crippen LogP contribution is 2.38. The summed E-state index contributed by atoms with van der Waals surface area (Å²) in [5.41, 5.74) is 17.6. The fourth-order valence-corrected chi connectivity index (χ4v) is 4.02. The minimum absolute atomic E-state index is 0.268. The molecule has 4 rings (SSSR count). The summed E-state index contributed by atoms with van der Waals surface area (Å²) in [6, 6.07) is 20.2. The van der Waals surface area contributed by atoms with Gasteiger partial charge >= 0.3 is 5.97 Å². The number of carbonyl (C=O) groups excluding carboxylic acids is 2. The highest BCUT2D eigenvalue weighted by molar-refractivity contribution is 6.37. The van der Waals surface area contributed by atoms with E-state index in [4.69, 9.17) is 16.2 Å². The van der Waals surface area contributed by atoms with Crippen LogP contribution in [0.15, 0.2) is 66.7 Å². The Balaban J connectivity index is 1.82. The van der Waals surface area contributed by atoms with Gasteiger partial charge in [0.1, 0.15) is 0 Å². The third kappa shape index (κ3) is 4.51. The molecule has 34 heavy (non-hydrogen) atoms. The Kier molecular flexibility index (Phi) is 6.13. The predicted molar refractivity (Wildman–Crippen MR) is 136 cm³/mol. The van der Waals surface area contributed by atoms with Gasteiger partial charge in [0.15, 0.2) is 0 Å². The lowest BCUT2D eigenvalue weighted by atomic mass is 9.93. The zero-order valence-corrected chi connectivity index (χ0v) is 19.4. The Morgan fingerprint density at radius 3 is 2.41 bits per heavy atom. The van der Waals surface area contributed by atoms with Gasteiger partial charge in [-0.3, -0.25) is 4.79 Å². The molecule has 1 aliphatic rings. The number of nitrogens with one attached hydrogen (secondary N) is 2. The van der Waals surface area contributed by atoms with Crippen molar-refractivity contribution in [2.45, 2.75) is 26.3 Å². The molecule has 0 saturated carbocycles. The highest BCUT2D eigenvalue weighted by atomic mass is 16.5. The molecule has 174 valence electrons. The first-order valence-corrected chi connectivity index (χ1v) is 11.1. The number of nitrogen functional groups attached to an aromatic ring is 1. The number of esters is 1. The van der Waals surface area contributed by atoms with E-state index in [1.807, 2.05) is 62.4 Å². The van der Waals surface area contributed by atoms with E-state index in [1.54, 1.807) is 25.1 Å². The van der Waals surface area contributed by atoms with E-state index in [2.05, 4.69) is 10.6 Å². The van der Waals surface area contributed by atoms with Crippen molar-refractivity contribution in [1.29, 1.82) is 0 Å². The first kappa shape index (κ1) is 23.1. The first-order valence-electron chi connectivity index (χ1n) is 11.1. The van der Waals surface area contributed by atoms with Crippen molar-refractivity contribution in [3.05, 3.63) is 89.0 Å². The summed E-state index contributed by atoms with van der Waals surface area (Å²) in [5.74, 6) is -0.702. The molecule has 3 aromatic rings. The zero-order chi connectivity index (χ0) is 24.5. The van der Waals surface area contributed by atoms with E-state index in [-0.39, 0.29) is 12.5 Å². The molecular weight excluding hydrogens is 428 g/mol. The maximum atomic E-state index is 13.1. The summed E-state index contributed by atoms with van der Waals surface area (Å²) in [7, 11) is 0.